The van der Waals surface area contributed by atoms with Crippen LogP contribution in [0.5, 0.6) is 0 Å². The summed E-state index contributed by atoms with van der Waals surface area (Å²) in [6.07, 6.45) is 2.59. The summed E-state index contributed by atoms with van der Waals surface area (Å²) in [5.74, 6) is -0.239. The molecule has 3 nitrogen and oxygen atoms in total. The molecule has 90 valence electrons. The van der Waals surface area contributed by atoms with Crippen molar-refractivity contribution in [1.82, 2.24) is 4.98 Å². The van der Waals surface area contributed by atoms with Crippen LogP contribution in [0.4, 0.5) is 15.2 Å². The molecule has 1 aromatic carbocycles. The number of benzene rings is 1. The number of hydrogen-bond donors (Lipinski definition) is 1. The average Bonchev–Trinajstić information content (AvgIpc) is 2.83. The third-order valence-corrected chi connectivity index (χ3v) is 3.15. The predicted molar refractivity (Wildman–Crippen MR) is 69.2 cm³/mol. The van der Waals surface area contributed by atoms with E-state index in [4.69, 9.17) is 5.73 Å². The maximum Gasteiger partial charge on any atom is 0.189 e. The second kappa shape index (κ2) is 5.75. The van der Waals surface area contributed by atoms with Crippen molar-refractivity contribution in [2.75, 3.05) is 18.0 Å². The van der Waals surface area contributed by atoms with E-state index in [1.807, 2.05) is 16.3 Å². The first-order chi connectivity index (χ1) is 8.31. The maximum absolute atomic E-state index is 13.2. The van der Waals surface area contributed by atoms with Gasteiger partial charge in [-0.2, -0.15) is 0 Å². The number of anilines is 2. The van der Waals surface area contributed by atoms with E-state index in [-0.39, 0.29) is 5.82 Å². The van der Waals surface area contributed by atoms with Gasteiger partial charge in [0.15, 0.2) is 5.13 Å². The third-order valence-electron chi connectivity index (χ3n) is 2.36. The van der Waals surface area contributed by atoms with Gasteiger partial charge >= 0.3 is 0 Å². The summed E-state index contributed by atoms with van der Waals surface area (Å²) in [6.45, 7) is 1.35. The summed E-state index contributed by atoms with van der Waals surface area (Å²) >= 11 is 1.53. The van der Waals surface area contributed by atoms with Gasteiger partial charge < -0.3 is 10.6 Å². The minimum Gasteiger partial charge on any atom is -0.330 e. The Kier molecular flexibility index (Phi) is 4.06. The minimum absolute atomic E-state index is 0.239. The highest BCUT2D eigenvalue weighted by atomic mass is 32.1. The molecule has 17 heavy (non-hydrogen) atoms. The molecule has 1 heterocycles. The lowest BCUT2D eigenvalue weighted by molar-refractivity contribution is 0.627. The average molecular weight is 251 g/mol. The van der Waals surface area contributed by atoms with Crippen LogP contribution in [-0.4, -0.2) is 18.1 Å². The highest BCUT2D eigenvalue weighted by Gasteiger charge is 2.11. The van der Waals surface area contributed by atoms with Crippen molar-refractivity contribution >= 4 is 22.2 Å². The maximum atomic E-state index is 13.2. The van der Waals surface area contributed by atoms with Gasteiger partial charge in [0.05, 0.1) is 0 Å². The molecule has 0 aliphatic carbocycles. The number of rotatable bonds is 5. The molecule has 0 amide bonds. The molecule has 0 atom stereocenters. The summed E-state index contributed by atoms with van der Waals surface area (Å²) in [4.78, 5) is 6.24. The van der Waals surface area contributed by atoms with Crippen molar-refractivity contribution in [3.05, 3.63) is 41.7 Å². The van der Waals surface area contributed by atoms with E-state index >= 15 is 0 Å². The standard InChI is InChI=1S/C12H14FN3S/c13-10-3-1-4-11(9-10)16(7-2-5-14)12-15-6-8-17-12/h1,3-4,6,8-9H,2,5,7,14H2. The molecule has 5 heteroatoms. The quantitative estimate of drug-likeness (QED) is 0.888. The Bertz CT molecular complexity index is 459. The Hall–Kier alpha value is -1.46. The van der Waals surface area contributed by atoms with E-state index in [1.54, 1.807) is 12.3 Å². The zero-order valence-electron chi connectivity index (χ0n) is 9.34. The van der Waals surface area contributed by atoms with Gasteiger partial charge in [-0.25, -0.2) is 9.37 Å². The van der Waals surface area contributed by atoms with Crippen LogP contribution in [0.2, 0.25) is 0 Å². The van der Waals surface area contributed by atoms with Gasteiger partial charge in [-0.1, -0.05) is 6.07 Å². The van der Waals surface area contributed by atoms with Gasteiger partial charge in [0.25, 0.3) is 0 Å². The van der Waals surface area contributed by atoms with Crippen molar-refractivity contribution in [1.29, 1.82) is 0 Å². The van der Waals surface area contributed by atoms with Gasteiger partial charge in [0.2, 0.25) is 0 Å². The van der Waals surface area contributed by atoms with E-state index in [9.17, 15) is 4.39 Å². The van der Waals surface area contributed by atoms with Crippen molar-refractivity contribution in [2.24, 2.45) is 5.73 Å². The van der Waals surface area contributed by atoms with Crippen LogP contribution < -0.4 is 10.6 Å². The molecule has 2 rings (SSSR count). The second-order valence-corrected chi connectivity index (χ2v) is 4.46. The van der Waals surface area contributed by atoms with E-state index in [2.05, 4.69) is 4.98 Å². The topological polar surface area (TPSA) is 42.1 Å². The molecular weight excluding hydrogens is 237 g/mol. The second-order valence-electron chi connectivity index (χ2n) is 3.59. The molecule has 0 aliphatic heterocycles. The van der Waals surface area contributed by atoms with E-state index in [0.717, 1.165) is 23.8 Å². The van der Waals surface area contributed by atoms with Crippen LogP contribution in [0, 0.1) is 5.82 Å². The summed E-state index contributed by atoms with van der Waals surface area (Å²) in [5, 5.41) is 2.77. The molecule has 1 aromatic heterocycles. The van der Waals surface area contributed by atoms with Crippen molar-refractivity contribution in [3.63, 3.8) is 0 Å². The first kappa shape index (κ1) is 12.0. The van der Waals surface area contributed by atoms with Gasteiger partial charge in [-0.15, -0.1) is 11.3 Å². The van der Waals surface area contributed by atoms with Crippen molar-refractivity contribution < 1.29 is 4.39 Å². The van der Waals surface area contributed by atoms with Crippen LogP contribution in [0.15, 0.2) is 35.8 Å². The van der Waals surface area contributed by atoms with Crippen LogP contribution in [-0.2, 0) is 0 Å². The first-order valence-electron chi connectivity index (χ1n) is 5.44. The summed E-state index contributed by atoms with van der Waals surface area (Å²) in [6, 6.07) is 6.53. The molecule has 0 aliphatic rings. The number of halogens is 1. The van der Waals surface area contributed by atoms with E-state index in [1.165, 1.54) is 23.5 Å². The minimum atomic E-state index is -0.239. The highest BCUT2D eigenvalue weighted by molar-refractivity contribution is 7.13. The monoisotopic (exact) mass is 251 g/mol. The van der Waals surface area contributed by atoms with Crippen molar-refractivity contribution in [3.8, 4) is 0 Å². The van der Waals surface area contributed by atoms with Crippen LogP contribution in [0.25, 0.3) is 0 Å². The van der Waals surface area contributed by atoms with Crippen LogP contribution in [0.3, 0.4) is 0 Å². The van der Waals surface area contributed by atoms with E-state index < -0.39 is 0 Å². The Morgan fingerprint density at radius 1 is 1.41 bits per heavy atom. The molecule has 0 bridgehead atoms. The Labute approximate surface area is 104 Å². The molecule has 0 saturated carbocycles. The lowest BCUT2D eigenvalue weighted by atomic mass is 10.2. The zero-order valence-corrected chi connectivity index (χ0v) is 10.2. The Morgan fingerprint density at radius 2 is 2.29 bits per heavy atom. The Balaban J connectivity index is 2.27. The lowest BCUT2D eigenvalue weighted by Crippen LogP contribution is -2.20. The lowest BCUT2D eigenvalue weighted by Gasteiger charge is -2.21. The number of nitrogens with two attached hydrogens (primary N) is 1. The molecular formula is C12H14FN3S. The van der Waals surface area contributed by atoms with Gasteiger partial charge in [-0.05, 0) is 31.2 Å². The Morgan fingerprint density at radius 3 is 2.94 bits per heavy atom. The smallest absolute Gasteiger partial charge is 0.189 e. The number of nitrogens with zero attached hydrogens (tertiary/aromatic N) is 2. The molecule has 2 N–H and O–H groups in total. The van der Waals surface area contributed by atoms with Crippen LogP contribution >= 0.6 is 11.3 Å². The number of thiazole rings is 1. The zero-order chi connectivity index (χ0) is 12.1. The third kappa shape index (κ3) is 3.01. The molecule has 0 unspecified atom stereocenters. The first-order valence-corrected chi connectivity index (χ1v) is 6.32. The molecule has 0 spiro atoms. The SMILES string of the molecule is NCCCN(c1cccc(F)c1)c1nccs1. The largest absolute Gasteiger partial charge is 0.330 e. The summed E-state index contributed by atoms with van der Waals surface area (Å²) in [7, 11) is 0. The van der Waals surface area contributed by atoms with Gasteiger partial charge in [-0.3, -0.25) is 0 Å². The summed E-state index contributed by atoms with van der Waals surface area (Å²) in [5.41, 5.74) is 6.33. The highest BCUT2D eigenvalue weighted by Crippen LogP contribution is 2.27. The molecule has 0 fully saturated rings. The fourth-order valence-corrected chi connectivity index (χ4v) is 2.27. The molecule has 0 saturated heterocycles. The predicted octanol–water partition coefficient (Wildman–Crippen LogP) is 2.77. The van der Waals surface area contributed by atoms with Gasteiger partial charge in [0, 0.05) is 23.8 Å². The van der Waals surface area contributed by atoms with Crippen molar-refractivity contribution in [2.45, 2.75) is 6.42 Å². The number of hydrogen-bond acceptors (Lipinski definition) is 4. The van der Waals surface area contributed by atoms with Gasteiger partial charge in [0.1, 0.15) is 5.82 Å². The fraction of sp³-hybridized carbons (Fsp3) is 0.250. The number of aromatic nitrogens is 1. The molecule has 0 radical (unpaired) electrons. The van der Waals surface area contributed by atoms with Crippen LogP contribution in [0.1, 0.15) is 6.42 Å². The molecule has 2 aromatic rings. The summed E-state index contributed by atoms with van der Waals surface area (Å²) < 4.78 is 13.2. The fourth-order valence-electron chi connectivity index (χ4n) is 1.58. The normalized spacial score (nSPS) is 10.5. The van der Waals surface area contributed by atoms with E-state index in [0.29, 0.717) is 6.54 Å².